The van der Waals surface area contributed by atoms with Crippen LogP contribution in [0.25, 0.3) is 10.9 Å². The molecular weight excluding hydrogens is 262 g/mol. The zero-order valence-electron chi connectivity index (χ0n) is 11.5. The lowest BCUT2D eigenvalue weighted by Gasteiger charge is -2.11. The van der Waals surface area contributed by atoms with Crippen LogP contribution < -0.4 is 5.32 Å². The highest BCUT2D eigenvalue weighted by atomic mass is 14.9. The van der Waals surface area contributed by atoms with E-state index in [1.165, 1.54) is 0 Å². The number of nitrogens with zero attached hydrogens (tertiary/aromatic N) is 4. The summed E-state index contributed by atoms with van der Waals surface area (Å²) in [5, 5.41) is 13.5. The van der Waals surface area contributed by atoms with Crippen molar-refractivity contribution in [1.82, 2.24) is 15.0 Å². The summed E-state index contributed by atoms with van der Waals surface area (Å²) in [5.41, 5.74) is 3.06. The minimum absolute atomic E-state index is 0.527. The molecule has 2 heterocycles. The first-order valence-corrected chi connectivity index (χ1v) is 6.58. The van der Waals surface area contributed by atoms with E-state index in [1.807, 2.05) is 37.3 Å². The second kappa shape index (κ2) is 5.55. The van der Waals surface area contributed by atoms with Crippen LogP contribution >= 0.6 is 0 Å². The van der Waals surface area contributed by atoms with Gasteiger partial charge in [-0.05, 0) is 19.1 Å². The molecular formula is C16H13N5. The predicted octanol–water partition coefficient (Wildman–Crippen LogP) is 2.82. The fourth-order valence-electron chi connectivity index (χ4n) is 2.20. The van der Waals surface area contributed by atoms with Gasteiger partial charge in [-0.15, -0.1) is 0 Å². The van der Waals surface area contributed by atoms with Crippen LogP contribution in [0.4, 0.5) is 5.69 Å². The monoisotopic (exact) mass is 275 g/mol. The number of nitrogens with one attached hydrogen (secondary N) is 1. The number of anilines is 1. The molecule has 3 aromatic rings. The van der Waals surface area contributed by atoms with Gasteiger partial charge in [-0.2, -0.15) is 5.26 Å². The normalized spacial score (nSPS) is 10.3. The van der Waals surface area contributed by atoms with Gasteiger partial charge in [0.05, 0.1) is 29.0 Å². The molecule has 0 aliphatic heterocycles. The summed E-state index contributed by atoms with van der Waals surface area (Å²) >= 11 is 0. The number of nitriles is 1. The van der Waals surface area contributed by atoms with Crippen molar-refractivity contribution in [1.29, 1.82) is 5.26 Å². The summed E-state index contributed by atoms with van der Waals surface area (Å²) in [6.45, 7) is 2.39. The highest BCUT2D eigenvalue weighted by Gasteiger charge is 2.08. The Hall–Kier alpha value is -3.00. The van der Waals surface area contributed by atoms with Gasteiger partial charge in [0.2, 0.25) is 0 Å². The van der Waals surface area contributed by atoms with Gasteiger partial charge in [0, 0.05) is 17.8 Å². The molecule has 0 spiro atoms. The maximum absolute atomic E-state index is 9.26. The number of fused-ring (bicyclic) bond motifs is 1. The quantitative estimate of drug-likeness (QED) is 0.795. The zero-order valence-corrected chi connectivity index (χ0v) is 11.5. The van der Waals surface area contributed by atoms with Crippen LogP contribution in [-0.2, 0) is 6.54 Å². The zero-order chi connectivity index (χ0) is 14.7. The third kappa shape index (κ3) is 2.65. The Bertz CT molecular complexity index is 835. The molecule has 5 nitrogen and oxygen atoms in total. The molecule has 0 saturated carbocycles. The van der Waals surface area contributed by atoms with Crippen molar-refractivity contribution in [2.45, 2.75) is 13.5 Å². The maximum Gasteiger partial charge on any atom is 0.125 e. The molecule has 1 aromatic carbocycles. The lowest BCUT2D eigenvalue weighted by molar-refractivity contribution is 0.955. The SMILES string of the molecule is Cc1nccc(CNc2c(C#N)cnc3ccccc23)n1. The minimum atomic E-state index is 0.527. The summed E-state index contributed by atoms with van der Waals surface area (Å²) < 4.78 is 0. The Morgan fingerprint density at radius 2 is 2.05 bits per heavy atom. The molecule has 0 aliphatic rings. The van der Waals surface area contributed by atoms with Gasteiger partial charge in [-0.3, -0.25) is 4.98 Å². The van der Waals surface area contributed by atoms with E-state index >= 15 is 0 Å². The number of rotatable bonds is 3. The largest absolute Gasteiger partial charge is 0.378 e. The van der Waals surface area contributed by atoms with E-state index in [0.717, 1.165) is 28.1 Å². The Labute approximate surface area is 122 Å². The van der Waals surface area contributed by atoms with E-state index in [9.17, 15) is 5.26 Å². The van der Waals surface area contributed by atoms with Crippen LogP contribution in [0.3, 0.4) is 0 Å². The molecule has 1 N–H and O–H groups in total. The maximum atomic E-state index is 9.26. The van der Waals surface area contributed by atoms with Crippen LogP contribution in [0.2, 0.25) is 0 Å². The molecule has 0 unspecified atom stereocenters. The first-order valence-electron chi connectivity index (χ1n) is 6.58. The van der Waals surface area contributed by atoms with E-state index in [-0.39, 0.29) is 0 Å². The standard InChI is InChI=1S/C16H13N5/c1-11-18-7-6-13(21-11)10-20-16-12(8-17)9-19-15-5-3-2-4-14(15)16/h2-7,9H,10H2,1H3,(H,19,20). The fourth-order valence-corrected chi connectivity index (χ4v) is 2.20. The van der Waals surface area contributed by atoms with Crippen molar-refractivity contribution in [2.75, 3.05) is 5.32 Å². The van der Waals surface area contributed by atoms with Crippen LogP contribution in [0.15, 0.2) is 42.7 Å². The van der Waals surface area contributed by atoms with Crippen molar-refractivity contribution < 1.29 is 0 Å². The topological polar surface area (TPSA) is 74.5 Å². The molecule has 0 radical (unpaired) electrons. The van der Waals surface area contributed by atoms with Crippen molar-refractivity contribution in [2.24, 2.45) is 0 Å². The van der Waals surface area contributed by atoms with Gasteiger partial charge < -0.3 is 5.32 Å². The van der Waals surface area contributed by atoms with Crippen LogP contribution in [0, 0.1) is 18.3 Å². The average molecular weight is 275 g/mol. The lowest BCUT2D eigenvalue weighted by Crippen LogP contribution is -2.05. The molecule has 0 atom stereocenters. The molecule has 5 heteroatoms. The van der Waals surface area contributed by atoms with Gasteiger partial charge in [0.1, 0.15) is 11.9 Å². The van der Waals surface area contributed by atoms with Crippen molar-refractivity contribution in [3.05, 3.63) is 59.8 Å². The first-order chi connectivity index (χ1) is 10.3. The Balaban J connectivity index is 1.98. The van der Waals surface area contributed by atoms with Gasteiger partial charge in [0.15, 0.2) is 0 Å². The van der Waals surface area contributed by atoms with E-state index in [2.05, 4.69) is 26.3 Å². The number of benzene rings is 1. The second-order valence-electron chi connectivity index (χ2n) is 4.62. The molecule has 2 aromatic heterocycles. The lowest BCUT2D eigenvalue weighted by atomic mass is 10.1. The number of aryl methyl sites for hydroxylation is 1. The van der Waals surface area contributed by atoms with Crippen LogP contribution in [0.5, 0.6) is 0 Å². The first kappa shape index (κ1) is 13.0. The summed E-state index contributed by atoms with van der Waals surface area (Å²) in [6.07, 6.45) is 3.32. The van der Waals surface area contributed by atoms with Gasteiger partial charge in [0.25, 0.3) is 0 Å². The summed E-state index contributed by atoms with van der Waals surface area (Å²) in [5.74, 6) is 0.731. The molecule has 3 rings (SSSR count). The molecule has 0 saturated heterocycles. The van der Waals surface area contributed by atoms with Crippen LogP contribution in [-0.4, -0.2) is 15.0 Å². The summed E-state index contributed by atoms with van der Waals surface area (Å²) in [7, 11) is 0. The molecule has 0 amide bonds. The third-order valence-corrected chi connectivity index (χ3v) is 3.18. The Morgan fingerprint density at radius 3 is 2.86 bits per heavy atom. The van der Waals surface area contributed by atoms with Crippen LogP contribution in [0.1, 0.15) is 17.1 Å². The summed E-state index contributed by atoms with van der Waals surface area (Å²) in [6, 6.07) is 11.8. The van der Waals surface area contributed by atoms with Gasteiger partial charge in [-0.25, -0.2) is 9.97 Å². The van der Waals surface area contributed by atoms with Gasteiger partial charge >= 0.3 is 0 Å². The van der Waals surface area contributed by atoms with E-state index in [4.69, 9.17) is 0 Å². The van der Waals surface area contributed by atoms with E-state index < -0.39 is 0 Å². The second-order valence-corrected chi connectivity index (χ2v) is 4.62. The minimum Gasteiger partial charge on any atom is -0.378 e. The summed E-state index contributed by atoms with van der Waals surface area (Å²) in [4.78, 5) is 12.7. The molecule has 21 heavy (non-hydrogen) atoms. The highest BCUT2D eigenvalue weighted by molar-refractivity contribution is 5.93. The number of pyridine rings is 1. The van der Waals surface area contributed by atoms with Crippen molar-refractivity contribution >= 4 is 16.6 Å². The number of aromatic nitrogens is 3. The van der Waals surface area contributed by atoms with Gasteiger partial charge in [-0.1, -0.05) is 18.2 Å². The van der Waals surface area contributed by atoms with E-state index in [0.29, 0.717) is 12.1 Å². The third-order valence-electron chi connectivity index (χ3n) is 3.18. The number of para-hydroxylation sites is 1. The Kier molecular flexibility index (Phi) is 3.44. The fraction of sp³-hybridized carbons (Fsp3) is 0.125. The van der Waals surface area contributed by atoms with Crippen molar-refractivity contribution in [3.63, 3.8) is 0 Å². The molecule has 102 valence electrons. The average Bonchev–Trinajstić information content (AvgIpc) is 2.52. The molecule has 0 bridgehead atoms. The smallest absolute Gasteiger partial charge is 0.125 e. The van der Waals surface area contributed by atoms with E-state index in [1.54, 1.807) is 12.4 Å². The number of hydrogen-bond acceptors (Lipinski definition) is 5. The Morgan fingerprint density at radius 1 is 1.19 bits per heavy atom. The predicted molar refractivity (Wildman–Crippen MR) is 80.6 cm³/mol. The molecule has 0 aliphatic carbocycles. The number of hydrogen-bond donors (Lipinski definition) is 1. The molecule has 0 fully saturated rings. The highest BCUT2D eigenvalue weighted by Crippen LogP contribution is 2.25. The van der Waals surface area contributed by atoms with Crippen molar-refractivity contribution in [3.8, 4) is 6.07 Å².